The van der Waals surface area contributed by atoms with E-state index in [1.165, 1.54) is 31.2 Å². The Morgan fingerprint density at radius 3 is 2.69 bits per heavy atom. The molecule has 1 fully saturated rings. The van der Waals surface area contributed by atoms with Crippen LogP contribution in [0.15, 0.2) is 57.8 Å². The van der Waals surface area contributed by atoms with E-state index in [2.05, 4.69) is 9.71 Å². The highest BCUT2D eigenvalue weighted by atomic mass is 32.2. The number of nitrogens with one attached hydrogen (secondary N) is 1. The maximum absolute atomic E-state index is 13.7. The minimum atomic E-state index is -3.76. The number of amides is 1. The van der Waals surface area contributed by atoms with E-state index in [4.69, 9.17) is 4.74 Å². The van der Waals surface area contributed by atoms with Gasteiger partial charge in [0, 0.05) is 18.7 Å². The minimum Gasteiger partial charge on any atom is -0.452 e. The zero-order valence-electron chi connectivity index (χ0n) is 17.3. The largest absolute Gasteiger partial charge is 0.452 e. The summed E-state index contributed by atoms with van der Waals surface area (Å²) in [7, 11) is -3.76. The van der Waals surface area contributed by atoms with Gasteiger partial charge in [0.1, 0.15) is 10.7 Å². The van der Waals surface area contributed by atoms with Crippen molar-refractivity contribution in [3.05, 3.63) is 59.9 Å². The number of benzene rings is 2. The highest BCUT2D eigenvalue weighted by Crippen LogP contribution is 2.30. The molecule has 32 heavy (non-hydrogen) atoms. The fourth-order valence-corrected chi connectivity index (χ4v) is 5.03. The zero-order chi connectivity index (χ0) is 22.9. The SMILES string of the molecule is CC(OC(=O)C1CCCN(C2=NS(=O)(=O)c3ccccc32)C1)C(=O)Nc1ccccc1F. The number of esters is 1. The molecule has 2 aromatic carbocycles. The van der Waals surface area contributed by atoms with Crippen LogP contribution in [0.1, 0.15) is 25.3 Å². The van der Waals surface area contributed by atoms with E-state index in [0.29, 0.717) is 30.8 Å². The minimum absolute atomic E-state index is 0.00311. The molecule has 2 aromatic rings. The number of carbonyl (C=O) groups excluding carboxylic acids is 2. The lowest BCUT2D eigenvalue weighted by atomic mass is 9.97. The summed E-state index contributed by atoms with van der Waals surface area (Å²) in [6.07, 6.45) is 0.0533. The van der Waals surface area contributed by atoms with Gasteiger partial charge in [0.05, 0.1) is 11.6 Å². The number of anilines is 1. The number of rotatable bonds is 4. The number of nitrogens with zero attached hydrogens (tertiary/aromatic N) is 2. The maximum Gasteiger partial charge on any atom is 0.311 e. The Bertz CT molecular complexity index is 1200. The molecule has 0 spiro atoms. The van der Waals surface area contributed by atoms with Crippen molar-refractivity contribution in [2.24, 2.45) is 10.3 Å². The Hall–Kier alpha value is -3.27. The summed E-state index contributed by atoms with van der Waals surface area (Å²) in [5.74, 6) is -2.03. The number of sulfonamides is 1. The molecule has 0 bridgehead atoms. The monoisotopic (exact) mass is 459 g/mol. The quantitative estimate of drug-likeness (QED) is 0.705. The fraction of sp³-hybridized carbons (Fsp3) is 0.318. The van der Waals surface area contributed by atoms with Gasteiger partial charge < -0.3 is 15.0 Å². The lowest BCUT2D eigenvalue weighted by molar-refractivity contribution is -0.158. The zero-order valence-corrected chi connectivity index (χ0v) is 18.1. The van der Waals surface area contributed by atoms with Crippen LogP contribution >= 0.6 is 0 Å². The number of fused-ring (bicyclic) bond motifs is 1. The number of likely N-dealkylation sites (tertiary alicyclic amines) is 1. The molecule has 168 valence electrons. The highest BCUT2D eigenvalue weighted by Gasteiger charge is 2.36. The molecule has 4 rings (SSSR count). The van der Waals surface area contributed by atoms with Crippen LogP contribution in [0.4, 0.5) is 10.1 Å². The second kappa shape index (κ2) is 8.70. The third-order valence-corrected chi connectivity index (χ3v) is 6.79. The molecular weight excluding hydrogens is 437 g/mol. The number of hydrogen-bond donors (Lipinski definition) is 1. The standard InChI is InChI=1S/C22H22FN3O5S/c1-14(21(27)24-18-10-4-3-9-17(18)23)31-22(28)15-7-6-12-26(13-15)20-16-8-2-5-11-19(16)32(29,30)25-20/h2-5,8-11,14-15H,6-7,12-13H2,1H3,(H,24,27). The van der Waals surface area contributed by atoms with E-state index in [1.54, 1.807) is 29.2 Å². The first-order valence-corrected chi connectivity index (χ1v) is 11.7. The number of para-hydroxylation sites is 1. The molecule has 2 aliphatic rings. The van der Waals surface area contributed by atoms with Crippen molar-refractivity contribution in [2.75, 3.05) is 18.4 Å². The summed E-state index contributed by atoms with van der Waals surface area (Å²) in [5, 5.41) is 2.40. The Morgan fingerprint density at radius 2 is 1.91 bits per heavy atom. The molecule has 2 atom stereocenters. The number of hydrogen-bond acceptors (Lipinski definition) is 6. The topological polar surface area (TPSA) is 105 Å². The van der Waals surface area contributed by atoms with Crippen molar-refractivity contribution in [1.82, 2.24) is 4.90 Å². The molecule has 0 radical (unpaired) electrons. The van der Waals surface area contributed by atoms with Gasteiger partial charge in [-0.15, -0.1) is 4.40 Å². The predicted molar refractivity (Wildman–Crippen MR) is 115 cm³/mol. The third-order valence-electron chi connectivity index (χ3n) is 5.46. The number of ether oxygens (including phenoxy) is 1. The average Bonchev–Trinajstić information content (AvgIpc) is 3.06. The molecule has 0 aromatic heterocycles. The lowest BCUT2D eigenvalue weighted by Crippen LogP contribution is -2.44. The molecular formula is C22H22FN3O5S. The van der Waals surface area contributed by atoms with Crippen LogP contribution in [0, 0.1) is 11.7 Å². The van der Waals surface area contributed by atoms with Crippen molar-refractivity contribution >= 4 is 33.4 Å². The molecule has 10 heteroatoms. The highest BCUT2D eigenvalue weighted by molar-refractivity contribution is 7.90. The van der Waals surface area contributed by atoms with E-state index in [9.17, 15) is 22.4 Å². The summed E-state index contributed by atoms with van der Waals surface area (Å²) in [5.41, 5.74) is 0.516. The first-order valence-electron chi connectivity index (χ1n) is 10.2. The summed E-state index contributed by atoms with van der Waals surface area (Å²) >= 11 is 0. The second-order valence-electron chi connectivity index (χ2n) is 7.72. The molecule has 1 amide bonds. The van der Waals surface area contributed by atoms with E-state index < -0.39 is 39.7 Å². The molecule has 2 aliphatic heterocycles. The summed E-state index contributed by atoms with van der Waals surface area (Å²) in [6, 6.07) is 12.3. The van der Waals surface area contributed by atoms with Crippen LogP contribution < -0.4 is 5.32 Å². The van der Waals surface area contributed by atoms with Gasteiger partial charge in [0.25, 0.3) is 15.9 Å². The second-order valence-corrected chi connectivity index (χ2v) is 9.29. The predicted octanol–water partition coefficient (Wildman–Crippen LogP) is 2.56. The van der Waals surface area contributed by atoms with Crippen molar-refractivity contribution in [3.63, 3.8) is 0 Å². The Balaban J connectivity index is 1.41. The Morgan fingerprint density at radius 1 is 1.19 bits per heavy atom. The van der Waals surface area contributed by atoms with Gasteiger partial charge >= 0.3 is 5.97 Å². The van der Waals surface area contributed by atoms with Crippen LogP contribution in [-0.4, -0.2) is 50.2 Å². The van der Waals surface area contributed by atoms with Crippen LogP contribution in [-0.2, 0) is 24.3 Å². The Labute approximate surface area is 185 Å². The third kappa shape index (κ3) is 4.36. The number of carbonyl (C=O) groups is 2. The number of piperidine rings is 1. The molecule has 0 aliphatic carbocycles. The molecule has 2 heterocycles. The van der Waals surface area contributed by atoms with E-state index in [-0.39, 0.29) is 17.1 Å². The van der Waals surface area contributed by atoms with Crippen molar-refractivity contribution in [2.45, 2.75) is 30.8 Å². The summed E-state index contributed by atoms with van der Waals surface area (Å²) in [4.78, 5) is 26.9. The van der Waals surface area contributed by atoms with Gasteiger partial charge in [-0.25, -0.2) is 4.39 Å². The van der Waals surface area contributed by atoms with Crippen molar-refractivity contribution in [3.8, 4) is 0 Å². The summed E-state index contributed by atoms with van der Waals surface area (Å²) in [6.45, 7) is 2.19. The number of halogens is 1. The van der Waals surface area contributed by atoms with Gasteiger partial charge in [0.15, 0.2) is 11.9 Å². The van der Waals surface area contributed by atoms with Crippen molar-refractivity contribution in [1.29, 1.82) is 0 Å². The van der Waals surface area contributed by atoms with Crippen LogP contribution in [0.3, 0.4) is 0 Å². The Kier molecular flexibility index (Phi) is 5.96. The van der Waals surface area contributed by atoms with E-state index in [0.717, 1.165) is 0 Å². The van der Waals surface area contributed by atoms with Gasteiger partial charge in [-0.2, -0.15) is 8.42 Å². The van der Waals surface area contributed by atoms with Crippen molar-refractivity contribution < 1.29 is 27.1 Å². The van der Waals surface area contributed by atoms with E-state index in [1.807, 2.05) is 0 Å². The van der Waals surface area contributed by atoms with Crippen LogP contribution in [0.5, 0.6) is 0 Å². The molecule has 1 saturated heterocycles. The fourth-order valence-electron chi connectivity index (χ4n) is 3.80. The normalized spacial score (nSPS) is 20.1. The first kappa shape index (κ1) is 21.9. The van der Waals surface area contributed by atoms with Crippen LogP contribution in [0.2, 0.25) is 0 Å². The average molecular weight is 459 g/mol. The molecule has 8 nitrogen and oxygen atoms in total. The van der Waals surface area contributed by atoms with Crippen LogP contribution in [0.25, 0.3) is 0 Å². The summed E-state index contributed by atoms with van der Waals surface area (Å²) < 4.78 is 47.7. The van der Waals surface area contributed by atoms with E-state index >= 15 is 0 Å². The molecule has 0 saturated carbocycles. The van der Waals surface area contributed by atoms with Gasteiger partial charge in [0.2, 0.25) is 0 Å². The molecule has 1 N–H and O–H groups in total. The number of amidine groups is 1. The lowest BCUT2D eigenvalue weighted by Gasteiger charge is -2.33. The van der Waals surface area contributed by atoms with Gasteiger partial charge in [-0.05, 0) is 44.0 Å². The maximum atomic E-state index is 13.7. The molecule has 2 unspecified atom stereocenters. The first-order chi connectivity index (χ1) is 15.3. The smallest absolute Gasteiger partial charge is 0.311 e. The van der Waals surface area contributed by atoms with Gasteiger partial charge in [-0.1, -0.05) is 24.3 Å². The van der Waals surface area contributed by atoms with Gasteiger partial charge in [-0.3, -0.25) is 9.59 Å².